The van der Waals surface area contributed by atoms with Gasteiger partial charge in [0.25, 0.3) is 5.91 Å². The highest BCUT2D eigenvalue weighted by Gasteiger charge is 2.34. The van der Waals surface area contributed by atoms with Crippen molar-refractivity contribution >= 4 is 23.7 Å². The van der Waals surface area contributed by atoms with Crippen LogP contribution in [0.1, 0.15) is 52.0 Å². The number of benzene rings is 1. The summed E-state index contributed by atoms with van der Waals surface area (Å²) in [6, 6.07) is 8.99. The minimum Gasteiger partial charge on any atom is -0.420 e. The summed E-state index contributed by atoms with van der Waals surface area (Å²) in [6.07, 6.45) is 6.41. The van der Waals surface area contributed by atoms with E-state index in [1.165, 1.54) is 18.5 Å². The zero-order valence-electron chi connectivity index (χ0n) is 16.1. The van der Waals surface area contributed by atoms with Gasteiger partial charge in [-0.25, -0.2) is 4.99 Å². The molecule has 2 fully saturated rings. The summed E-state index contributed by atoms with van der Waals surface area (Å²) < 4.78 is 5.84. The van der Waals surface area contributed by atoms with Crippen LogP contribution in [0.3, 0.4) is 0 Å². The SMILES string of the molecule is CCN1C(=O)/C(=C\c2ccc(N(CC)CC)cc2)OC1=NC1CCCC1. The molecule has 1 amide bonds. The normalized spacial score (nSPS) is 21.0. The summed E-state index contributed by atoms with van der Waals surface area (Å²) in [7, 11) is 0. The van der Waals surface area contributed by atoms with E-state index in [9.17, 15) is 4.79 Å². The van der Waals surface area contributed by atoms with E-state index in [4.69, 9.17) is 4.74 Å². The van der Waals surface area contributed by atoms with Gasteiger partial charge in [-0.15, -0.1) is 0 Å². The van der Waals surface area contributed by atoms with Gasteiger partial charge in [-0.1, -0.05) is 25.0 Å². The van der Waals surface area contributed by atoms with Crippen molar-refractivity contribution in [2.45, 2.75) is 52.5 Å². The summed E-state index contributed by atoms with van der Waals surface area (Å²) in [6.45, 7) is 8.77. The summed E-state index contributed by atoms with van der Waals surface area (Å²) in [4.78, 5) is 21.2. The second-order valence-electron chi connectivity index (χ2n) is 6.77. The number of aliphatic imine (C=N–C) groups is 1. The third-order valence-corrected chi connectivity index (χ3v) is 5.14. The number of ether oxygens (including phenoxy) is 1. The molecule has 2 aliphatic rings. The van der Waals surface area contributed by atoms with E-state index in [0.717, 1.165) is 31.5 Å². The van der Waals surface area contributed by atoms with Crippen LogP contribution in [-0.4, -0.2) is 42.5 Å². The van der Waals surface area contributed by atoms with Crippen LogP contribution in [0, 0.1) is 0 Å². The van der Waals surface area contributed by atoms with Crippen LogP contribution >= 0.6 is 0 Å². The highest BCUT2D eigenvalue weighted by atomic mass is 16.5. The Morgan fingerprint density at radius 3 is 2.38 bits per heavy atom. The average Bonchev–Trinajstić information content (AvgIpc) is 3.26. The fourth-order valence-corrected chi connectivity index (χ4v) is 3.59. The van der Waals surface area contributed by atoms with E-state index in [2.05, 4.69) is 35.9 Å². The van der Waals surface area contributed by atoms with Crippen LogP contribution in [0.2, 0.25) is 0 Å². The first-order valence-corrected chi connectivity index (χ1v) is 9.80. The number of nitrogens with zero attached hydrogens (tertiary/aromatic N) is 3. The molecule has 0 aromatic heterocycles. The molecule has 1 aromatic carbocycles. The molecule has 0 unspecified atom stereocenters. The predicted molar refractivity (Wildman–Crippen MR) is 106 cm³/mol. The second-order valence-corrected chi connectivity index (χ2v) is 6.77. The Morgan fingerprint density at radius 2 is 1.81 bits per heavy atom. The Morgan fingerprint density at radius 1 is 1.15 bits per heavy atom. The van der Waals surface area contributed by atoms with E-state index in [1.807, 2.05) is 25.1 Å². The quantitative estimate of drug-likeness (QED) is 0.723. The third-order valence-electron chi connectivity index (χ3n) is 5.14. The van der Waals surface area contributed by atoms with E-state index >= 15 is 0 Å². The summed E-state index contributed by atoms with van der Waals surface area (Å²) >= 11 is 0. The number of hydrogen-bond acceptors (Lipinski definition) is 4. The Hall–Kier alpha value is -2.30. The lowest BCUT2D eigenvalue weighted by molar-refractivity contribution is -0.122. The highest BCUT2D eigenvalue weighted by Crippen LogP contribution is 2.25. The number of rotatable bonds is 6. The molecule has 0 atom stereocenters. The molecule has 1 aliphatic carbocycles. The second kappa shape index (κ2) is 8.39. The van der Waals surface area contributed by atoms with Crippen LogP contribution in [0.25, 0.3) is 6.08 Å². The topological polar surface area (TPSA) is 45.1 Å². The van der Waals surface area contributed by atoms with Gasteiger partial charge in [0.2, 0.25) is 0 Å². The molecule has 0 N–H and O–H groups in total. The third kappa shape index (κ3) is 3.92. The molecular formula is C21H29N3O2. The molecule has 1 aliphatic heterocycles. The van der Waals surface area contributed by atoms with Crippen molar-refractivity contribution in [2.24, 2.45) is 4.99 Å². The van der Waals surface area contributed by atoms with E-state index < -0.39 is 0 Å². The van der Waals surface area contributed by atoms with Crippen molar-refractivity contribution < 1.29 is 9.53 Å². The number of amides is 1. The zero-order valence-corrected chi connectivity index (χ0v) is 16.1. The Kier molecular flexibility index (Phi) is 5.96. The molecule has 5 nitrogen and oxygen atoms in total. The van der Waals surface area contributed by atoms with Crippen LogP contribution in [0.4, 0.5) is 5.69 Å². The lowest BCUT2D eigenvalue weighted by Gasteiger charge is -2.20. The molecule has 0 spiro atoms. The van der Waals surface area contributed by atoms with Gasteiger partial charge in [0.05, 0.1) is 6.04 Å². The monoisotopic (exact) mass is 355 g/mol. The maximum Gasteiger partial charge on any atom is 0.300 e. The van der Waals surface area contributed by atoms with Gasteiger partial charge >= 0.3 is 6.02 Å². The number of amidine groups is 1. The lowest BCUT2D eigenvalue weighted by Crippen LogP contribution is -2.30. The number of hydrogen-bond donors (Lipinski definition) is 0. The molecule has 140 valence electrons. The van der Waals surface area contributed by atoms with Gasteiger partial charge < -0.3 is 9.64 Å². The molecule has 1 heterocycles. The smallest absolute Gasteiger partial charge is 0.300 e. The molecule has 26 heavy (non-hydrogen) atoms. The first-order chi connectivity index (χ1) is 12.7. The highest BCUT2D eigenvalue weighted by molar-refractivity contribution is 6.11. The average molecular weight is 355 g/mol. The molecule has 0 radical (unpaired) electrons. The van der Waals surface area contributed by atoms with Gasteiger partial charge in [-0.2, -0.15) is 0 Å². The lowest BCUT2D eigenvalue weighted by atomic mass is 10.1. The van der Waals surface area contributed by atoms with Crippen molar-refractivity contribution in [3.05, 3.63) is 35.6 Å². The number of anilines is 1. The molecule has 1 aromatic rings. The van der Waals surface area contributed by atoms with Gasteiger partial charge in [0, 0.05) is 25.3 Å². The van der Waals surface area contributed by atoms with E-state index in [1.54, 1.807) is 4.90 Å². The zero-order chi connectivity index (χ0) is 18.5. The maximum absolute atomic E-state index is 12.6. The molecule has 5 heteroatoms. The summed E-state index contributed by atoms with van der Waals surface area (Å²) in [5, 5.41) is 0. The molecule has 1 saturated carbocycles. The number of carbonyl (C=O) groups excluding carboxylic acids is 1. The van der Waals surface area contributed by atoms with Crippen molar-refractivity contribution in [3.8, 4) is 0 Å². The molecule has 3 rings (SSSR count). The molecule has 1 saturated heterocycles. The van der Waals surface area contributed by atoms with Crippen molar-refractivity contribution in [1.29, 1.82) is 0 Å². The van der Waals surface area contributed by atoms with E-state index in [0.29, 0.717) is 24.4 Å². The first kappa shape index (κ1) is 18.5. The summed E-state index contributed by atoms with van der Waals surface area (Å²) in [5.74, 6) is 0.260. The van der Waals surface area contributed by atoms with Gasteiger partial charge in [-0.3, -0.25) is 9.69 Å². The predicted octanol–water partition coefficient (Wildman–Crippen LogP) is 4.05. The Bertz CT molecular complexity index is 684. The Labute approximate surface area is 156 Å². The van der Waals surface area contributed by atoms with Gasteiger partial charge in [0.1, 0.15) is 0 Å². The fourth-order valence-electron chi connectivity index (χ4n) is 3.59. The van der Waals surface area contributed by atoms with E-state index in [-0.39, 0.29) is 5.91 Å². The van der Waals surface area contributed by atoms with Crippen molar-refractivity contribution in [1.82, 2.24) is 4.90 Å². The molecule has 0 bridgehead atoms. The van der Waals surface area contributed by atoms with Crippen molar-refractivity contribution in [3.63, 3.8) is 0 Å². The standard InChI is InChI=1S/C21H29N3O2/c1-4-23(5-2)18-13-11-16(12-14-18)15-19-20(25)24(6-3)21(26-19)22-17-9-7-8-10-17/h11-15,17H,4-10H2,1-3H3/b19-15+,22-21?. The minimum atomic E-state index is -0.0999. The summed E-state index contributed by atoms with van der Waals surface area (Å²) in [5.41, 5.74) is 2.15. The van der Waals surface area contributed by atoms with Gasteiger partial charge in [-0.05, 0) is 57.4 Å². The minimum absolute atomic E-state index is 0.0999. The number of likely N-dealkylation sites (N-methyl/N-ethyl adjacent to an activating group) is 1. The number of carbonyl (C=O) groups is 1. The first-order valence-electron chi connectivity index (χ1n) is 9.80. The van der Waals surface area contributed by atoms with Crippen LogP contribution in [0.15, 0.2) is 35.0 Å². The van der Waals surface area contributed by atoms with Crippen LogP contribution in [0.5, 0.6) is 0 Å². The van der Waals surface area contributed by atoms with Crippen LogP contribution < -0.4 is 4.90 Å². The van der Waals surface area contributed by atoms with Crippen molar-refractivity contribution in [2.75, 3.05) is 24.5 Å². The Balaban J connectivity index is 1.78. The fraction of sp³-hybridized carbons (Fsp3) is 0.524. The van der Waals surface area contributed by atoms with Crippen LogP contribution in [-0.2, 0) is 9.53 Å². The van der Waals surface area contributed by atoms with Gasteiger partial charge in [0.15, 0.2) is 5.76 Å². The maximum atomic E-state index is 12.6. The molecular weight excluding hydrogens is 326 g/mol. The largest absolute Gasteiger partial charge is 0.420 e.